The molecule has 3 rings (SSSR count). The molecule has 128 valence electrons. The van der Waals surface area contributed by atoms with Crippen molar-refractivity contribution in [2.24, 2.45) is 23.5 Å². The maximum absolute atomic E-state index is 13.1. The number of amides is 1. The van der Waals surface area contributed by atoms with E-state index in [-0.39, 0.29) is 18.3 Å². The largest absolute Gasteiger partial charge is 0.336 e. The molecule has 3 saturated carbocycles. The van der Waals surface area contributed by atoms with Gasteiger partial charge in [0.15, 0.2) is 0 Å². The van der Waals surface area contributed by atoms with Crippen LogP contribution in [0.4, 0.5) is 0 Å². The van der Waals surface area contributed by atoms with E-state index in [0.29, 0.717) is 30.5 Å². The van der Waals surface area contributed by atoms with Crippen LogP contribution in [-0.4, -0.2) is 29.4 Å². The highest BCUT2D eigenvalue weighted by Gasteiger charge is 2.43. The molecule has 1 amide bonds. The van der Waals surface area contributed by atoms with Crippen LogP contribution in [0.2, 0.25) is 0 Å². The zero-order valence-electron chi connectivity index (χ0n) is 14.0. The third-order valence-corrected chi connectivity index (χ3v) is 6.26. The molecule has 3 nitrogen and oxygen atoms in total. The quantitative estimate of drug-likeness (QED) is 0.835. The van der Waals surface area contributed by atoms with Gasteiger partial charge in [-0.25, -0.2) is 0 Å². The molecule has 0 aromatic rings. The van der Waals surface area contributed by atoms with Crippen molar-refractivity contribution < 1.29 is 4.79 Å². The van der Waals surface area contributed by atoms with Gasteiger partial charge in [0.1, 0.15) is 0 Å². The Kier molecular flexibility index (Phi) is 6.58. The van der Waals surface area contributed by atoms with Crippen molar-refractivity contribution in [1.82, 2.24) is 4.90 Å². The Bertz CT molecular complexity index is 364. The lowest BCUT2D eigenvalue weighted by molar-refractivity contribution is -0.140. The Morgan fingerprint density at radius 3 is 2.09 bits per heavy atom. The predicted octanol–water partition coefficient (Wildman–Crippen LogP) is 3.74. The van der Waals surface area contributed by atoms with Crippen LogP contribution in [0.1, 0.15) is 71.1 Å². The molecule has 2 atom stereocenters. The first-order valence-electron chi connectivity index (χ1n) is 9.26. The fourth-order valence-corrected chi connectivity index (χ4v) is 4.68. The number of carbonyl (C=O) groups excluding carboxylic acids is 1. The van der Waals surface area contributed by atoms with Gasteiger partial charge in [0.25, 0.3) is 0 Å². The molecular weight excluding hydrogens is 296 g/mol. The number of hydrogen-bond donors (Lipinski definition) is 1. The Balaban J connectivity index is 0.00000176. The van der Waals surface area contributed by atoms with Crippen LogP contribution in [0.15, 0.2) is 0 Å². The highest BCUT2D eigenvalue weighted by Crippen LogP contribution is 2.40. The Hall–Kier alpha value is -0.280. The lowest BCUT2D eigenvalue weighted by Gasteiger charge is -2.39. The molecule has 0 bridgehead atoms. The first-order valence-corrected chi connectivity index (χ1v) is 9.26. The molecule has 2 N–H and O–H groups in total. The summed E-state index contributed by atoms with van der Waals surface area (Å²) in [6.45, 7) is 3.00. The van der Waals surface area contributed by atoms with E-state index in [0.717, 1.165) is 18.8 Å². The van der Waals surface area contributed by atoms with Crippen LogP contribution in [0.3, 0.4) is 0 Å². The molecule has 0 aromatic heterocycles. The number of nitrogens with two attached hydrogens (primary N) is 1. The van der Waals surface area contributed by atoms with Crippen molar-refractivity contribution in [3.05, 3.63) is 0 Å². The summed E-state index contributed by atoms with van der Waals surface area (Å²) in [5, 5.41) is 0. The van der Waals surface area contributed by atoms with Crippen LogP contribution in [-0.2, 0) is 4.79 Å². The third-order valence-electron chi connectivity index (χ3n) is 6.26. The van der Waals surface area contributed by atoms with Crippen LogP contribution in [0, 0.1) is 17.8 Å². The van der Waals surface area contributed by atoms with Crippen molar-refractivity contribution in [3.8, 4) is 0 Å². The molecule has 3 fully saturated rings. The summed E-state index contributed by atoms with van der Waals surface area (Å²) < 4.78 is 0. The zero-order chi connectivity index (χ0) is 14.8. The smallest absolute Gasteiger partial charge is 0.226 e. The number of halogens is 1. The minimum Gasteiger partial charge on any atom is -0.336 e. The minimum absolute atomic E-state index is 0. The summed E-state index contributed by atoms with van der Waals surface area (Å²) in [5.41, 5.74) is 5.90. The number of hydrogen-bond acceptors (Lipinski definition) is 2. The standard InChI is InChI=1S/C18H32N2O.ClH/c1-2-13-6-8-15(9-7-13)20(16-10-11-16)18(21)17-5-3-4-14(17)12-19;/h13-17H,2-12,19H2,1H3;1H/t13?,14-,15?,17-;/m1./s1. The van der Waals surface area contributed by atoms with Gasteiger partial charge in [0, 0.05) is 18.0 Å². The minimum atomic E-state index is 0. The van der Waals surface area contributed by atoms with Crippen molar-refractivity contribution >= 4 is 18.3 Å². The predicted molar refractivity (Wildman–Crippen MR) is 93.0 cm³/mol. The highest BCUT2D eigenvalue weighted by molar-refractivity contribution is 5.85. The van der Waals surface area contributed by atoms with E-state index >= 15 is 0 Å². The molecule has 0 heterocycles. The van der Waals surface area contributed by atoms with Gasteiger partial charge in [-0.2, -0.15) is 0 Å². The molecule has 4 heteroatoms. The fraction of sp³-hybridized carbons (Fsp3) is 0.944. The molecule has 3 aliphatic carbocycles. The van der Waals surface area contributed by atoms with E-state index in [2.05, 4.69) is 11.8 Å². The summed E-state index contributed by atoms with van der Waals surface area (Å²) in [4.78, 5) is 15.5. The number of rotatable bonds is 5. The van der Waals surface area contributed by atoms with Crippen molar-refractivity contribution in [2.45, 2.75) is 83.2 Å². The molecule has 0 unspecified atom stereocenters. The summed E-state index contributed by atoms with van der Waals surface area (Å²) in [6.07, 6.45) is 12.3. The van der Waals surface area contributed by atoms with Gasteiger partial charge >= 0.3 is 0 Å². The maximum atomic E-state index is 13.1. The van der Waals surface area contributed by atoms with Crippen LogP contribution in [0.5, 0.6) is 0 Å². The Morgan fingerprint density at radius 1 is 1.00 bits per heavy atom. The van der Waals surface area contributed by atoms with Crippen LogP contribution in [0.25, 0.3) is 0 Å². The summed E-state index contributed by atoms with van der Waals surface area (Å²) in [6, 6.07) is 1.10. The monoisotopic (exact) mass is 328 g/mol. The molecule has 0 spiro atoms. The van der Waals surface area contributed by atoms with E-state index in [9.17, 15) is 4.79 Å². The highest BCUT2D eigenvalue weighted by atomic mass is 35.5. The van der Waals surface area contributed by atoms with E-state index in [4.69, 9.17) is 5.73 Å². The SMILES string of the molecule is CCC1CCC(N(C(=O)[C@@H]2CCC[C@@H]2CN)C2CC2)CC1.Cl. The lowest BCUT2D eigenvalue weighted by Crippen LogP contribution is -2.47. The van der Waals surface area contributed by atoms with Gasteiger partial charge in [-0.15, -0.1) is 12.4 Å². The van der Waals surface area contributed by atoms with Crippen molar-refractivity contribution in [3.63, 3.8) is 0 Å². The average molecular weight is 329 g/mol. The van der Waals surface area contributed by atoms with E-state index < -0.39 is 0 Å². The Morgan fingerprint density at radius 2 is 1.59 bits per heavy atom. The van der Waals surface area contributed by atoms with Gasteiger partial charge in [-0.1, -0.05) is 19.8 Å². The number of nitrogens with zero attached hydrogens (tertiary/aromatic N) is 1. The number of carbonyl (C=O) groups is 1. The second-order valence-electron chi connectivity index (χ2n) is 7.59. The molecule has 0 aromatic carbocycles. The molecule has 3 aliphatic rings. The second-order valence-corrected chi connectivity index (χ2v) is 7.59. The molecular formula is C18H33ClN2O. The third kappa shape index (κ3) is 3.79. The Labute approximate surface area is 141 Å². The molecule has 0 saturated heterocycles. The van der Waals surface area contributed by atoms with Gasteiger partial charge in [0.05, 0.1) is 0 Å². The van der Waals surface area contributed by atoms with E-state index in [1.807, 2.05) is 0 Å². The van der Waals surface area contributed by atoms with Crippen molar-refractivity contribution in [2.75, 3.05) is 6.54 Å². The van der Waals surface area contributed by atoms with E-state index in [1.165, 1.54) is 51.4 Å². The molecule has 0 aliphatic heterocycles. The van der Waals surface area contributed by atoms with Gasteiger partial charge in [-0.05, 0) is 69.7 Å². The maximum Gasteiger partial charge on any atom is 0.226 e. The zero-order valence-corrected chi connectivity index (χ0v) is 14.8. The van der Waals surface area contributed by atoms with Crippen molar-refractivity contribution in [1.29, 1.82) is 0 Å². The van der Waals surface area contributed by atoms with Gasteiger partial charge in [-0.3, -0.25) is 4.79 Å². The first-order chi connectivity index (χ1) is 10.2. The molecule has 22 heavy (non-hydrogen) atoms. The first kappa shape index (κ1) is 18.1. The lowest BCUT2D eigenvalue weighted by atomic mass is 9.83. The second kappa shape index (κ2) is 8.01. The summed E-state index contributed by atoms with van der Waals surface area (Å²) >= 11 is 0. The average Bonchev–Trinajstić information content (AvgIpc) is 3.23. The van der Waals surface area contributed by atoms with Gasteiger partial charge in [0.2, 0.25) is 5.91 Å². The van der Waals surface area contributed by atoms with Gasteiger partial charge < -0.3 is 10.6 Å². The fourth-order valence-electron chi connectivity index (χ4n) is 4.68. The normalized spacial score (nSPS) is 35.0. The summed E-state index contributed by atoms with van der Waals surface area (Å²) in [7, 11) is 0. The topological polar surface area (TPSA) is 46.3 Å². The van der Waals surface area contributed by atoms with Crippen LogP contribution >= 0.6 is 12.4 Å². The summed E-state index contributed by atoms with van der Waals surface area (Å²) in [5.74, 6) is 2.05. The molecule has 0 radical (unpaired) electrons. The van der Waals surface area contributed by atoms with E-state index in [1.54, 1.807) is 0 Å². The van der Waals surface area contributed by atoms with Crippen LogP contribution < -0.4 is 5.73 Å².